The van der Waals surface area contributed by atoms with Crippen molar-refractivity contribution in [1.29, 1.82) is 0 Å². The summed E-state index contributed by atoms with van der Waals surface area (Å²) in [6, 6.07) is 13.4. The Bertz CT molecular complexity index is 655. The van der Waals surface area contributed by atoms with Crippen LogP contribution in [-0.2, 0) is 0 Å². The number of oxazole rings is 1. The lowest BCUT2D eigenvalue weighted by Gasteiger charge is -2.02. The molecule has 0 radical (unpaired) electrons. The van der Waals surface area contributed by atoms with Crippen molar-refractivity contribution in [3.8, 4) is 11.5 Å². The summed E-state index contributed by atoms with van der Waals surface area (Å²) in [5.41, 5.74) is 3.58. The third-order valence-electron chi connectivity index (χ3n) is 2.79. The van der Waals surface area contributed by atoms with Crippen LogP contribution in [0.1, 0.15) is 5.56 Å². The number of rotatable bonds is 1. The molecule has 0 atom stereocenters. The van der Waals surface area contributed by atoms with Crippen molar-refractivity contribution in [2.45, 2.75) is 6.92 Å². The number of para-hydroxylation sites is 2. The van der Waals surface area contributed by atoms with Crippen LogP contribution in [0.2, 0.25) is 5.02 Å². The fourth-order valence-electron chi connectivity index (χ4n) is 1.83. The van der Waals surface area contributed by atoms with E-state index in [1.807, 2.05) is 49.4 Å². The van der Waals surface area contributed by atoms with Crippen molar-refractivity contribution in [1.82, 2.24) is 4.98 Å². The maximum atomic E-state index is 6.09. The summed E-state index contributed by atoms with van der Waals surface area (Å²) in [4.78, 5) is 4.46. The van der Waals surface area contributed by atoms with Crippen LogP contribution < -0.4 is 0 Å². The molecule has 0 bridgehead atoms. The molecule has 0 saturated heterocycles. The summed E-state index contributed by atoms with van der Waals surface area (Å²) in [5, 5.41) is 0.727. The minimum atomic E-state index is 0.617. The van der Waals surface area contributed by atoms with E-state index in [2.05, 4.69) is 4.98 Å². The Morgan fingerprint density at radius 1 is 1.06 bits per heavy atom. The first kappa shape index (κ1) is 10.4. The second kappa shape index (κ2) is 3.90. The maximum absolute atomic E-state index is 6.09. The van der Waals surface area contributed by atoms with Crippen molar-refractivity contribution in [3.63, 3.8) is 0 Å². The SMILES string of the molecule is Cc1c(Cl)cccc1-c1nc2ccccc2o1. The second-order valence-corrected chi connectivity index (χ2v) is 4.31. The lowest BCUT2D eigenvalue weighted by molar-refractivity contribution is 0.619. The molecule has 3 heteroatoms. The zero-order valence-corrected chi connectivity index (χ0v) is 10.0. The van der Waals surface area contributed by atoms with Crippen LogP contribution in [0.15, 0.2) is 46.9 Å². The molecule has 84 valence electrons. The highest BCUT2D eigenvalue weighted by Gasteiger charge is 2.11. The van der Waals surface area contributed by atoms with Gasteiger partial charge in [-0.05, 0) is 36.8 Å². The molecule has 0 spiro atoms. The summed E-state index contributed by atoms with van der Waals surface area (Å²) < 4.78 is 5.72. The molecule has 3 aromatic rings. The highest BCUT2D eigenvalue weighted by atomic mass is 35.5. The smallest absolute Gasteiger partial charge is 0.227 e. The molecule has 1 heterocycles. The maximum Gasteiger partial charge on any atom is 0.227 e. The lowest BCUT2D eigenvalue weighted by atomic mass is 10.1. The molecule has 0 aliphatic carbocycles. The van der Waals surface area contributed by atoms with Gasteiger partial charge in [-0.1, -0.05) is 29.8 Å². The van der Waals surface area contributed by atoms with Gasteiger partial charge in [0.25, 0.3) is 0 Å². The van der Waals surface area contributed by atoms with Gasteiger partial charge in [-0.2, -0.15) is 0 Å². The first-order valence-corrected chi connectivity index (χ1v) is 5.74. The van der Waals surface area contributed by atoms with Crippen molar-refractivity contribution in [3.05, 3.63) is 53.1 Å². The van der Waals surface area contributed by atoms with E-state index >= 15 is 0 Å². The fraction of sp³-hybridized carbons (Fsp3) is 0.0714. The first-order chi connectivity index (χ1) is 8.25. The molecule has 0 N–H and O–H groups in total. The molecule has 0 unspecified atom stereocenters. The van der Waals surface area contributed by atoms with Crippen molar-refractivity contribution in [2.75, 3.05) is 0 Å². The van der Waals surface area contributed by atoms with Gasteiger partial charge in [0.05, 0.1) is 0 Å². The summed E-state index contributed by atoms with van der Waals surface area (Å²) in [6.45, 7) is 1.96. The average Bonchev–Trinajstić information content (AvgIpc) is 2.76. The van der Waals surface area contributed by atoms with E-state index in [1.165, 1.54) is 0 Å². The molecule has 1 aromatic heterocycles. The predicted octanol–water partition coefficient (Wildman–Crippen LogP) is 4.46. The second-order valence-electron chi connectivity index (χ2n) is 3.90. The van der Waals surface area contributed by atoms with Gasteiger partial charge >= 0.3 is 0 Å². The Kier molecular flexibility index (Phi) is 2.37. The molecule has 17 heavy (non-hydrogen) atoms. The summed E-state index contributed by atoms with van der Waals surface area (Å²) >= 11 is 6.09. The van der Waals surface area contributed by atoms with Crippen LogP contribution in [0, 0.1) is 6.92 Å². The monoisotopic (exact) mass is 243 g/mol. The highest BCUT2D eigenvalue weighted by molar-refractivity contribution is 6.31. The van der Waals surface area contributed by atoms with Gasteiger partial charge in [-0.3, -0.25) is 0 Å². The zero-order valence-electron chi connectivity index (χ0n) is 9.27. The van der Waals surface area contributed by atoms with E-state index < -0.39 is 0 Å². The minimum Gasteiger partial charge on any atom is -0.436 e. The number of halogens is 1. The summed E-state index contributed by atoms with van der Waals surface area (Å²) in [7, 11) is 0. The van der Waals surface area contributed by atoms with E-state index in [0.717, 1.165) is 27.2 Å². The van der Waals surface area contributed by atoms with E-state index in [0.29, 0.717) is 5.89 Å². The van der Waals surface area contributed by atoms with Crippen LogP contribution in [0.4, 0.5) is 0 Å². The van der Waals surface area contributed by atoms with E-state index in [9.17, 15) is 0 Å². The van der Waals surface area contributed by atoms with Gasteiger partial charge in [0.2, 0.25) is 5.89 Å². The molecule has 0 aliphatic heterocycles. The van der Waals surface area contributed by atoms with E-state index in [4.69, 9.17) is 16.0 Å². The van der Waals surface area contributed by atoms with Crippen molar-refractivity contribution < 1.29 is 4.42 Å². The van der Waals surface area contributed by atoms with Crippen LogP contribution in [0.5, 0.6) is 0 Å². The molecule has 2 nitrogen and oxygen atoms in total. The number of benzene rings is 2. The normalized spacial score (nSPS) is 10.9. The molecule has 0 aliphatic rings. The topological polar surface area (TPSA) is 26.0 Å². The number of hydrogen-bond donors (Lipinski definition) is 0. The zero-order chi connectivity index (χ0) is 11.8. The number of fused-ring (bicyclic) bond motifs is 1. The molecule has 0 fully saturated rings. The molecule has 3 rings (SSSR count). The van der Waals surface area contributed by atoms with Crippen LogP contribution in [-0.4, -0.2) is 4.98 Å². The Labute approximate surface area is 104 Å². The van der Waals surface area contributed by atoms with Gasteiger partial charge in [-0.25, -0.2) is 4.98 Å². The van der Waals surface area contributed by atoms with Gasteiger partial charge in [0.15, 0.2) is 5.58 Å². The van der Waals surface area contributed by atoms with E-state index in [-0.39, 0.29) is 0 Å². The molecule has 0 amide bonds. The molecular weight excluding hydrogens is 234 g/mol. The van der Waals surface area contributed by atoms with Gasteiger partial charge in [-0.15, -0.1) is 0 Å². The quantitative estimate of drug-likeness (QED) is 0.631. The van der Waals surface area contributed by atoms with Crippen molar-refractivity contribution in [2.24, 2.45) is 0 Å². The lowest BCUT2D eigenvalue weighted by Crippen LogP contribution is -1.83. The fourth-order valence-corrected chi connectivity index (χ4v) is 2.00. The number of aromatic nitrogens is 1. The minimum absolute atomic E-state index is 0.617. The van der Waals surface area contributed by atoms with Crippen LogP contribution in [0.25, 0.3) is 22.6 Å². The van der Waals surface area contributed by atoms with Crippen molar-refractivity contribution >= 4 is 22.7 Å². The Hall–Kier alpha value is -1.80. The Morgan fingerprint density at radius 2 is 1.88 bits per heavy atom. The standard InChI is InChI=1S/C14H10ClNO/c1-9-10(5-4-6-11(9)15)14-16-12-7-2-3-8-13(12)17-14/h2-8H,1H3. The summed E-state index contributed by atoms with van der Waals surface area (Å²) in [6.07, 6.45) is 0. The van der Waals surface area contributed by atoms with E-state index in [1.54, 1.807) is 0 Å². The average molecular weight is 244 g/mol. The number of hydrogen-bond acceptors (Lipinski definition) is 2. The van der Waals surface area contributed by atoms with Gasteiger partial charge in [0, 0.05) is 10.6 Å². The van der Waals surface area contributed by atoms with Gasteiger partial charge < -0.3 is 4.42 Å². The van der Waals surface area contributed by atoms with Crippen LogP contribution >= 0.6 is 11.6 Å². The third-order valence-corrected chi connectivity index (χ3v) is 3.20. The Morgan fingerprint density at radius 3 is 2.71 bits per heavy atom. The van der Waals surface area contributed by atoms with Gasteiger partial charge in [0.1, 0.15) is 5.52 Å². The predicted molar refractivity (Wildman–Crippen MR) is 69.2 cm³/mol. The largest absolute Gasteiger partial charge is 0.436 e. The molecule has 2 aromatic carbocycles. The highest BCUT2D eigenvalue weighted by Crippen LogP contribution is 2.29. The summed E-state index contributed by atoms with van der Waals surface area (Å²) in [5.74, 6) is 0.617. The molecular formula is C14H10ClNO. The molecule has 0 saturated carbocycles. The van der Waals surface area contributed by atoms with Crippen LogP contribution in [0.3, 0.4) is 0 Å². The third kappa shape index (κ3) is 1.71. The number of nitrogens with zero attached hydrogens (tertiary/aromatic N) is 1. The first-order valence-electron chi connectivity index (χ1n) is 5.37. The Balaban J connectivity index is 2.24.